The molecular weight excluding hydrogens is 432 g/mol. The first-order valence-electron chi connectivity index (χ1n) is 13.5. The number of ketones is 2. The van der Waals surface area contributed by atoms with Crippen LogP contribution in [0.1, 0.15) is 77.6 Å². The maximum absolute atomic E-state index is 12.9. The van der Waals surface area contributed by atoms with Gasteiger partial charge >= 0.3 is 0 Å². The van der Waals surface area contributed by atoms with Gasteiger partial charge in [0, 0.05) is 61.0 Å². The summed E-state index contributed by atoms with van der Waals surface area (Å²) in [6.07, 6.45) is 12.8. The molecule has 2 atom stereocenters. The number of benzene rings is 1. The molecule has 2 aromatic rings. The lowest BCUT2D eigenvalue weighted by Crippen LogP contribution is -2.43. The molecule has 0 radical (unpaired) electrons. The molecule has 3 fully saturated rings. The van der Waals surface area contributed by atoms with Gasteiger partial charge in [0.2, 0.25) is 0 Å². The Morgan fingerprint density at radius 1 is 0.857 bits per heavy atom. The van der Waals surface area contributed by atoms with Crippen LogP contribution < -0.4 is 0 Å². The maximum atomic E-state index is 12.9. The van der Waals surface area contributed by atoms with E-state index in [4.69, 9.17) is 0 Å². The van der Waals surface area contributed by atoms with E-state index in [1.165, 1.54) is 12.8 Å². The third-order valence-electron chi connectivity index (χ3n) is 8.16. The molecule has 0 amide bonds. The van der Waals surface area contributed by atoms with Gasteiger partial charge in [0.25, 0.3) is 0 Å². The SMILES string of the molecule is Cc1cccccn(CCCN2C3CCC2CC(CC(=O)c2ccccc2)C3)cc1C(=O)C1CC1. The van der Waals surface area contributed by atoms with E-state index in [-0.39, 0.29) is 5.92 Å². The summed E-state index contributed by atoms with van der Waals surface area (Å²) in [6.45, 7) is 4.04. The third-order valence-corrected chi connectivity index (χ3v) is 8.16. The maximum Gasteiger partial charge on any atom is 0.167 e. The van der Waals surface area contributed by atoms with Gasteiger partial charge in [-0.3, -0.25) is 14.5 Å². The lowest BCUT2D eigenvalue weighted by Gasteiger charge is -2.39. The zero-order chi connectivity index (χ0) is 24.2. The standard InChI is InChI=1S/C31H38N2O2/c1-23-9-4-3-7-16-32(22-29(23)31(35)26-12-13-26)17-8-18-33-27-14-15-28(33)20-24(19-27)21-30(34)25-10-5-2-6-11-25/h2-7,9-11,16,22,24,26-28H,8,12-15,17-21H2,1H3. The number of aryl methyl sites for hydroxylation is 2. The molecule has 2 saturated heterocycles. The molecule has 1 aromatic heterocycles. The van der Waals surface area contributed by atoms with Crippen molar-refractivity contribution in [3.8, 4) is 0 Å². The number of Topliss-reactive ketones (excluding diaryl/α,β-unsaturated/α-hetero) is 2. The molecule has 5 rings (SSSR count). The molecule has 3 aliphatic rings. The van der Waals surface area contributed by atoms with Crippen LogP contribution >= 0.6 is 0 Å². The summed E-state index contributed by atoms with van der Waals surface area (Å²) in [5.41, 5.74) is 2.77. The molecule has 2 bridgehead atoms. The first kappa shape index (κ1) is 24.0. The number of carbonyl (C=O) groups is 2. The van der Waals surface area contributed by atoms with Crippen LogP contribution in [0.2, 0.25) is 0 Å². The monoisotopic (exact) mass is 470 g/mol. The fourth-order valence-electron chi connectivity index (χ4n) is 6.15. The number of fused-ring (bicyclic) bond motifs is 2. The highest BCUT2D eigenvalue weighted by atomic mass is 16.1. The Balaban J connectivity index is 1.19. The molecule has 184 valence electrons. The number of hydrogen-bond acceptors (Lipinski definition) is 3. The van der Waals surface area contributed by atoms with Crippen LogP contribution in [0.15, 0.2) is 67.0 Å². The first-order chi connectivity index (χ1) is 17.1. The van der Waals surface area contributed by atoms with Gasteiger partial charge in [-0.25, -0.2) is 0 Å². The summed E-state index contributed by atoms with van der Waals surface area (Å²) in [5, 5.41) is 0. The summed E-state index contributed by atoms with van der Waals surface area (Å²) in [4.78, 5) is 28.3. The van der Waals surface area contributed by atoms with Crippen LogP contribution in [0, 0.1) is 18.8 Å². The summed E-state index contributed by atoms with van der Waals surface area (Å²) >= 11 is 0. The number of aromatic nitrogens is 1. The Labute approximate surface area is 209 Å². The fraction of sp³-hybridized carbons (Fsp3) is 0.484. The van der Waals surface area contributed by atoms with Crippen molar-refractivity contribution in [2.24, 2.45) is 11.8 Å². The van der Waals surface area contributed by atoms with E-state index in [0.29, 0.717) is 36.0 Å². The van der Waals surface area contributed by atoms with Crippen LogP contribution in [0.5, 0.6) is 0 Å². The minimum Gasteiger partial charge on any atom is -0.353 e. The van der Waals surface area contributed by atoms with Crippen LogP contribution in [0.4, 0.5) is 0 Å². The molecule has 0 N–H and O–H groups in total. The Kier molecular flexibility index (Phi) is 7.48. The van der Waals surface area contributed by atoms with Gasteiger partial charge in [0.05, 0.1) is 0 Å². The normalized spacial score (nSPS) is 23.6. The molecule has 1 saturated carbocycles. The lowest BCUT2D eigenvalue weighted by molar-refractivity contribution is 0.0807. The molecule has 4 nitrogen and oxygen atoms in total. The minimum absolute atomic E-state index is 0.228. The quantitative estimate of drug-likeness (QED) is 0.397. The number of piperidine rings is 1. The largest absolute Gasteiger partial charge is 0.353 e. The molecule has 1 aliphatic carbocycles. The van der Waals surface area contributed by atoms with Gasteiger partial charge < -0.3 is 4.57 Å². The average molecular weight is 471 g/mol. The fourth-order valence-corrected chi connectivity index (χ4v) is 6.15. The second kappa shape index (κ2) is 10.9. The smallest absolute Gasteiger partial charge is 0.167 e. The van der Waals surface area contributed by atoms with Gasteiger partial charge in [-0.1, -0.05) is 48.5 Å². The lowest BCUT2D eigenvalue weighted by atomic mass is 9.85. The first-order valence-corrected chi connectivity index (χ1v) is 13.5. The Hall–Kier alpha value is -2.72. The van der Waals surface area contributed by atoms with Crippen molar-refractivity contribution in [3.05, 3.63) is 83.7 Å². The summed E-state index contributed by atoms with van der Waals surface area (Å²) in [6, 6.07) is 19.2. The van der Waals surface area contributed by atoms with Crippen molar-refractivity contribution >= 4 is 11.6 Å². The molecule has 3 heterocycles. The topological polar surface area (TPSA) is 42.3 Å². The van der Waals surface area contributed by atoms with E-state index >= 15 is 0 Å². The van der Waals surface area contributed by atoms with Crippen molar-refractivity contribution in [2.45, 2.75) is 76.9 Å². The zero-order valence-corrected chi connectivity index (χ0v) is 20.9. The summed E-state index contributed by atoms with van der Waals surface area (Å²) in [5.74, 6) is 1.34. The Morgan fingerprint density at radius 3 is 2.26 bits per heavy atom. The number of carbonyl (C=O) groups excluding carboxylic acids is 2. The van der Waals surface area contributed by atoms with Crippen LogP contribution in [0.3, 0.4) is 0 Å². The van der Waals surface area contributed by atoms with E-state index < -0.39 is 0 Å². The highest BCUT2D eigenvalue weighted by Gasteiger charge is 2.40. The second-order valence-corrected chi connectivity index (χ2v) is 10.8. The number of nitrogens with zero attached hydrogens (tertiary/aromatic N) is 2. The van der Waals surface area contributed by atoms with Gasteiger partial charge in [0.1, 0.15) is 0 Å². The van der Waals surface area contributed by atoms with Gasteiger partial charge in [-0.05, 0) is 69.4 Å². The van der Waals surface area contributed by atoms with Crippen molar-refractivity contribution in [1.29, 1.82) is 0 Å². The number of rotatable bonds is 9. The molecule has 4 heteroatoms. The predicted octanol–water partition coefficient (Wildman–Crippen LogP) is 6.42. The van der Waals surface area contributed by atoms with Crippen molar-refractivity contribution in [2.75, 3.05) is 6.54 Å². The molecule has 2 aliphatic heterocycles. The van der Waals surface area contributed by atoms with Crippen molar-refractivity contribution in [1.82, 2.24) is 9.47 Å². The van der Waals surface area contributed by atoms with E-state index in [1.807, 2.05) is 55.5 Å². The third kappa shape index (κ3) is 5.92. The average Bonchev–Trinajstić information content (AvgIpc) is 3.67. The van der Waals surface area contributed by atoms with Crippen molar-refractivity contribution in [3.63, 3.8) is 0 Å². The van der Waals surface area contributed by atoms with Crippen LogP contribution in [-0.2, 0) is 6.54 Å². The highest BCUT2D eigenvalue weighted by Crippen LogP contribution is 2.40. The molecule has 1 aromatic carbocycles. The predicted molar refractivity (Wildman–Crippen MR) is 140 cm³/mol. The Morgan fingerprint density at radius 2 is 1.54 bits per heavy atom. The number of hydrogen-bond donors (Lipinski definition) is 0. The Bertz CT molecular complexity index is 1090. The van der Waals surface area contributed by atoms with Crippen LogP contribution in [-0.4, -0.2) is 39.7 Å². The van der Waals surface area contributed by atoms with Gasteiger partial charge in [0.15, 0.2) is 11.6 Å². The van der Waals surface area contributed by atoms with Crippen LogP contribution in [0.25, 0.3) is 0 Å². The van der Waals surface area contributed by atoms with Gasteiger partial charge in [-0.2, -0.15) is 0 Å². The van der Waals surface area contributed by atoms with E-state index in [2.05, 4.69) is 27.9 Å². The van der Waals surface area contributed by atoms with Gasteiger partial charge in [-0.15, -0.1) is 0 Å². The van der Waals surface area contributed by atoms with Crippen molar-refractivity contribution < 1.29 is 9.59 Å². The minimum atomic E-state index is 0.228. The molecule has 35 heavy (non-hydrogen) atoms. The molecule has 2 unspecified atom stereocenters. The molecule has 0 spiro atoms. The highest BCUT2D eigenvalue weighted by molar-refractivity contribution is 6.00. The summed E-state index contributed by atoms with van der Waals surface area (Å²) in [7, 11) is 0. The summed E-state index contributed by atoms with van der Waals surface area (Å²) < 4.78 is 2.20. The van der Waals surface area contributed by atoms with E-state index in [1.54, 1.807) is 0 Å². The van der Waals surface area contributed by atoms with E-state index in [9.17, 15) is 9.59 Å². The second-order valence-electron chi connectivity index (χ2n) is 10.8. The zero-order valence-electron chi connectivity index (χ0n) is 20.9. The molecular formula is C31H38N2O2. The van der Waals surface area contributed by atoms with E-state index in [0.717, 1.165) is 61.9 Å².